The maximum absolute atomic E-state index is 13.3. The summed E-state index contributed by atoms with van der Waals surface area (Å²) in [6.07, 6.45) is 2.82. The van der Waals surface area contributed by atoms with Gasteiger partial charge in [0.15, 0.2) is 5.76 Å². The highest BCUT2D eigenvalue weighted by atomic mass is 16.3. The van der Waals surface area contributed by atoms with Gasteiger partial charge >= 0.3 is 0 Å². The highest BCUT2D eigenvalue weighted by Crippen LogP contribution is 2.41. The Balaban J connectivity index is 1.15. The minimum Gasteiger partial charge on any atom is -0.451 e. The van der Waals surface area contributed by atoms with E-state index in [1.807, 2.05) is 82.9 Å². The van der Waals surface area contributed by atoms with Crippen LogP contribution in [0.3, 0.4) is 0 Å². The summed E-state index contributed by atoms with van der Waals surface area (Å²) in [6.45, 7) is 4.89. The van der Waals surface area contributed by atoms with Gasteiger partial charge in [-0.2, -0.15) is 0 Å². The third kappa shape index (κ3) is 3.23. The van der Waals surface area contributed by atoms with Gasteiger partial charge in [0.2, 0.25) is 0 Å². The first-order chi connectivity index (χ1) is 16.5. The van der Waals surface area contributed by atoms with E-state index in [-0.39, 0.29) is 17.2 Å². The molecule has 2 aromatic heterocycles. The van der Waals surface area contributed by atoms with Gasteiger partial charge in [-0.15, -0.1) is 0 Å². The maximum Gasteiger partial charge on any atom is 0.289 e. The van der Waals surface area contributed by atoms with Crippen LogP contribution in [0.15, 0.2) is 59.0 Å². The lowest BCUT2D eigenvalue weighted by Crippen LogP contribution is -2.45. The number of amides is 2. The minimum absolute atomic E-state index is 0.0143. The zero-order valence-electron chi connectivity index (χ0n) is 19.7. The molecule has 0 N–H and O–H groups in total. The van der Waals surface area contributed by atoms with Gasteiger partial charge in [-0.25, -0.2) is 0 Å². The number of furan rings is 1. The number of rotatable bonds is 2. The quantitative estimate of drug-likeness (QED) is 0.427. The van der Waals surface area contributed by atoms with Crippen LogP contribution in [-0.2, 0) is 7.05 Å². The standard InChI is InChI=1S/C28H29N3O3/c1-19-21-8-4-6-10-24(21)34-25(19)27(33)31-16-13-28(18-31)11-14-30(15-12-28)26(32)23-17-20-7-3-5-9-22(20)29(23)2/h3-10,17H,11-16,18H2,1-2H3. The van der Waals surface area contributed by atoms with Gasteiger partial charge in [0.1, 0.15) is 11.3 Å². The SMILES string of the molecule is Cc1c(C(=O)N2CCC3(CCN(C(=O)c4cc5ccccc5n4C)CC3)C2)oc2ccccc12. The van der Waals surface area contributed by atoms with Crippen molar-refractivity contribution in [1.29, 1.82) is 0 Å². The molecule has 0 aliphatic carbocycles. The molecule has 1 spiro atoms. The third-order valence-corrected chi connectivity index (χ3v) is 8.05. The van der Waals surface area contributed by atoms with Crippen molar-refractivity contribution in [3.63, 3.8) is 0 Å². The molecule has 0 radical (unpaired) electrons. The number of piperidine rings is 1. The molecule has 2 amide bonds. The molecule has 2 saturated heterocycles. The molecule has 34 heavy (non-hydrogen) atoms. The van der Waals surface area contributed by atoms with E-state index >= 15 is 0 Å². The summed E-state index contributed by atoms with van der Waals surface area (Å²) in [5.74, 6) is 0.540. The Morgan fingerprint density at radius 1 is 0.882 bits per heavy atom. The van der Waals surface area contributed by atoms with E-state index in [0.717, 1.165) is 78.6 Å². The topological polar surface area (TPSA) is 58.7 Å². The monoisotopic (exact) mass is 455 g/mol. The fraction of sp³-hybridized carbons (Fsp3) is 0.357. The van der Waals surface area contributed by atoms with Crippen LogP contribution in [0.4, 0.5) is 0 Å². The van der Waals surface area contributed by atoms with Crippen molar-refractivity contribution in [2.45, 2.75) is 26.2 Å². The molecule has 0 saturated carbocycles. The fourth-order valence-electron chi connectivity index (χ4n) is 5.88. The summed E-state index contributed by atoms with van der Waals surface area (Å²) in [4.78, 5) is 30.5. The van der Waals surface area contributed by atoms with Crippen molar-refractivity contribution >= 4 is 33.7 Å². The highest BCUT2D eigenvalue weighted by molar-refractivity contribution is 5.99. The third-order valence-electron chi connectivity index (χ3n) is 8.05. The first-order valence-electron chi connectivity index (χ1n) is 12.1. The van der Waals surface area contributed by atoms with Crippen LogP contribution in [0.2, 0.25) is 0 Å². The maximum atomic E-state index is 13.3. The van der Waals surface area contributed by atoms with Crippen LogP contribution in [0.1, 0.15) is 45.9 Å². The number of hydrogen-bond donors (Lipinski definition) is 0. The van der Waals surface area contributed by atoms with Gasteiger partial charge in [0.05, 0.1) is 0 Å². The van der Waals surface area contributed by atoms with Crippen molar-refractivity contribution in [2.75, 3.05) is 26.2 Å². The number of carbonyl (C=O) groups is 2. The summed E-state index contributed by atoms with van der Waals surface area (Å²) in [5, 5.41) is 2.09. The smallest absolute Gasteiger partial charge is 0.289 e. The van der Waals surface area contributed by atoms with Gasteiger partial charge < -0.3 is 18.8 Å². The molecular weight excluding hydrogens is 426 g/mol. The van der Waals surface area contributed by atoms with Crippen LogP contribution in [0.25, 0.3) is 21.9 Å². The van der Waals surface area contributed by atoms with E-state index in [9.17, 15) is 9.59 Å². The van der Waals surface area contributed by atoms with Crippen molar-refractivity contribution < 1.29 is 14.0 Å². The molecule has 0 unspecified atom stereocenters. The van der Waals surface area contributed by atoms with E-state index in [2.05, 4.69) is 0 Å². The van der Waals surface area contributed by atoms with E-state index in [1.54, 1.807) is 0 Å². The Bertz CT molecular complexity index is 1420. The number of aryl methyl sites for hydroxylation is 2. The van der Waals surface area contributed by atoms with Crippen molar-refractivity contribution in [3.8, 4) is 0 Å². The molecule has 0 bridgehead atoms. The van der Waals surface area contributed by atoms with E-state index in [0.29, 0.717) is 5.76 Å². The predicted molar refractivity (Wildman–Crippen MR) is 132 cm³/mol. The molecule has 2 aliphatic heterocycles. The highest BCUT2D eigenvalue weighted by Gasteiger charge is 2.44. The van der Waals surface area contributed by atoms with Gasteiger partial charge in [0, 0.05) is 55.1 Å². The Kier molecular flexibility index (Phi) is 4.80. The van der Waals surface area contributed by atoms with Crippen LogP contribution in [-0.4, -0.2) is 52.4 Å². The average molecular weight is 456 g/mol. The predicted octanol–water partition coefficient (Wildman–Crippen LogP) is 5.00. The largest absolute Gasteiger partial charge is 0.451 e. The number of benzene rings is 2. The Hall–Kier alpha value is -3.54. The molecule has 174 valence electrons. The number of likely N-dealkylation sites (tertiary alicyclic amines) is 2. The van der Waals surface area contributed by atoms with Crippen molar-refractivity contribution in [3.05, 3.63) is 71.6 Å². The van der Waals surface area contributed by atoms with Crippen LogP contribution in [0.5, 0.6) is 0 Å². The summed E-state index contributed by atoms with van der Waals surface area (Å²) in [6, 6.07) is 17.9. The van der Waals surface area contributed by atoms with E-state index < -0.39 is 0 Å². The summed E-state index contributed by atoms with van der Waals surface area (Å²) < 4.78 is 7.93. The summed E-state index contributed by atoms with van der Waals surface area (Å²) in [5.41, 5.74) is 3.57. The Labute approximate surface area is 198 Å². The Morgan fingerprint density at radius 2 is 1.56 bits per heavy atom. The second-order valence-corrected chi connectivity index (χ2v) is 9.97. The molecule has 6 nitrogen and oxygen atoms in total. The van der Waals surface area contributed by atoms with Crippen molar-refractivity contribution in [1.82, 2.24) is 14.4 Å². The first-order valence-corrected chi connectivity index (χ1v) is 12.1. The molecule has 2 fully saturated rings. The van der Waals surface area contributed by atoms with Gasteiger partial charge in [-0.3, -0.25) is 9.59 Å². The molecule has 2 aliphatic rings. The Morgan fingerprint density at radius 3 is 2.29 bits per heavy atom. The molecular formula is C28H29N3O3. The lowest BCUT2D eigenvalue weighted by Gasteiger charge is -2.39. The van der Waals surface area contributed by atoms with Crippen LogP contribution < -0.4 is 0 Å². The van der Waals surface area contributed by atoms with Crippen LogP contribution >= 0.6 is 0 Å². The number of aromatic nitrogens is 1. The zero-order chi connectivity index (χ0) is 23.4. The van der Waals surface area contributed by atoms with E-state index in [1.165, 1.54) is 0 Å². The number of carbonyl (C=O) groups excluding carboxylic acids is 2. The second-order valence-electron chi connectivity index (χ2n) is 9.97. The zero-order valence-corrected chi connectivity index (χ0v) is 19.7. The van der Waals surface area contributed by atoms with Gasteiger partial charge in [-0.1, -0.05) is 36.4 Å². The van der Waals surface area contributed by atoms with Gasteiger partial charge in [0.25, 0.3) is 11.8 Å². The van der Waals surface area contributed by atoms with Crippen molar-refractivity contribution in [2.24, 2.45) is 12.5 Å². The first kappa shape index (κ1) is 21.0. The molecule has 6 heteroatoms. The summed E-state index contributed by atoms with van der Waals surface area (Å²) >= 11 is 0. The molecule has 0 atom stereocenters. The normalized spacial score (nSPS) is 17.8. The fourth-order valence-corrected chi connectivity index (χ4v) is 5.88. The minimum atomic E-state index is -0.0143. The molecule has 2 aromatic carbocycles. The van der Waals surface area contributed by atoms with Gasteiger partial charge in [-0.05, 0) is 49.8 Å². The van der Waals surface area contributed by atoms with E-state index in [4.69, 9.17) is 4.42 Å². The second kappa shape index (κ2) is 7.76. The van der Waals surface area contributed by atoms with Crippen LogP contribution in [0, 0.1) is 12.3 Å². The average Bonchev–Trinajstić information content (AvgIpc) is 3.53. The number of nitrogens with zero attached hydrogens (tertiary/aromatic N) is 3. The lowest BCUT2D eigenvalue weighted by molar-refractivity contribution is 0.0553. The number of hydrogen-bond acceptors (Lipinski definition) is 3. The number of para-hydroxylation sites is 2. The molecule has 4 heterocycles. The number of fused-ring (bicyclic) bond motifs is 2. The molecule has 6 rings (SSSR count). The molecule has 4 aromatic rings. The summed E-state index contributed by atoms with van der Waals surface area (Å²) in [7, 11) is 1.96. The lowest BCUT2D eigenvalue weighted by atomic mass is 9.77.